The van der Waals surface area contributed by atoms with E-state index in [2.05, 4.69) is 15.1 Å². The summed E-state index contributed by atoms with van der Waals surface area (Å²) in [4.78, 5) is 3.87. The van der Waals surface area contributed by atoms with E-state index in [1.165, 1.54) is 12.3 Å². The number of halogens is 1. The molecule has 0 unspecified atom stereocenters. The zero-order chi connectivity index (χ0) is 14.7. The average Bonchev–Trinajstić information content (AvgIpc) is 2.27. The van der Waals surface area contributed by atoms with Crippen LogP contribution in [-0.2, 0) is 10.0 Å². The Morgan fingerprint density at radius 1 is 1.47 bits per heavy atom. The molecule has 6 nitrogen and oxygen atoms in total. The van der Waals surface area contributed by atoms with Gasteiger partial charge in [0.15, 0.2) is 5.82 Å². The molecule has 0 saturated heterocycles. The number of rotatable bonds is 6. The summed E-state index contributed by atoms with van der Waals surface area (Å²) in [6.45, 7) is 5.66. The second kappa shape index (κ2) is 6.04. The van der Waals surface area contributed by atoms with E-state index in [9.17, 15) is 8.42 Å². The van der Waals surface area contributed by atoms with Crippen molar-refractivity contribution in [3.63, 3.8) is 0 Å². The van der Waals surface area contributed by atoms with Crippen LogP contribution in [0.4, 0.5) is 5.82 Å². The molecule has 108 valence electrons. The molecular formula is C11H19ClN4O2S. The first-order valence-electron chi connectivity index (χ1n) is 5.88. The number of aromatic nitrogens is 1. The number of nitrogens with two attached hydrogens (primary N) is 1. The van der Waals surface area contributed by atoms with Gasteiger partial charge in [-0.1, -0.05) is 24.9 Å². The monoisotopic (exact) mass is 306 g/mol. The van der Waals surface area contributed by atoms with Crippen LogP contribution in [-0.4, -0.2) is 18.9 Å². The molecule has 0 radical (unpaired) electrons. The lowest BCUT2D eigenvalue weighted by Gasteiger charge is -2.25. The van der Waals surface area contributed by atoms with Crippen molar-refractivity contribution in [2.24, 2.45) is 5.84 Å². The van der Waals surface area contributed by atoms with E-state index in [0.29, 0.717) is 0 Å². The maximum absolute atomic E-state index is 12.2. The van der Waals surface area contributed by atoms with Crippen molar-refractivity contribution in [2.75, 3.05) is 5.43 Å². The summed E-state index contributed by atoms with van der Waals surface area (Å²) in [7, 11) is -3.65. The first-order valence-corrected chi connectivity index (χ1v) is 7.74. The fraction of sp³-hybridized carbons (Fsp3) is 0.545. The van der Waals surface area contributed by atoms with Crippen LogP contribution >= 0.6 is 11.6 Å². The minimum absolute atomic E-state index is 0.0145. The first kappa shape index (κ1) is 16.2. The molecule has 0 spiro atoms. The van der Waals surface area contributed by atoms with Gasteiger partial charge in [-0.15, -0.1) is 0 Å². The van der Waals surface area contributed by atoms with Crippen molar-refractivity contribution in [1.29, 1.82) is 0 Å². The van der Waals surface area contributed by atoms with E-state index in [4.69, 9.17) is 17.4 Å². The molecule has 0 aliphatic heterocycles. The van der Waals surface area contributed by atoms with E-state index in [1.807, 2.05) is 20.8 Å². The van der Waals surface area contributed by atoms with Crippen LogP contribution in [0.25, 0.3) is 0 Å². The lowest BCUT2D eigenvalue weighted by molar-refractivity contribution is 0.417. The summed E-state index contributed by atoms with van der Waals surface area (Å²) in [6.07, 6.45) is 2.83. The van der Waals surface area contributed by atoms with Crippen molar-refractivity contribution in [2.45, 2.75) is 44.0 Å². The van der Waals surface area contributed by atoms with Gasteiger partial charge in [0.1, 0.15) is 4.90 Å². The van der Waals surface area contributed by atoms with E-state index in [0.717, 1.165) is 12.8 Å². The number of pyridine rings is 1. The standard InChI is InChI=1S/C11H19ClN4O2S/c1-4-5-11(2,3)16-19(17,18)8-6-9(12)10(15-13)14-7-8/h6-7,16H,4-5,13H2,1-3H3,(H,14,15). The molecule has 1 heterocycles. The Bertz CT molecular complexity index is 546. The number of nitrogen functional groups attached to an aromatic ring is 1. The maximum Gasteiger partial charge on any atom is 0.242 e. The molecule has 0 amide bonds. The zero-order valence-corrected chi connectivity index (χ0v) is 12.8. The van der Waals surface area contributed by atoms with Gasteiger partial charge >= 0.3 is 0 Å². The molecule has 0 atom stereocenters. The molecule has 1 aromatic rings. The Kier molecular flexibility index (Phi) is 5.14. The first-order chi connectivity index (χ1) is 8.72. The van der Waals surface area contributed by atoms with Gasteiger partial charge in [0.05, 0.1) is 5.02 Å². The summed E-state index contributed by atoms with van der Waals surface area (Å²) in [5.41, 5.74) is 1.76. The highest BCUT2D eigenvalue weighted by atomic mass is 35.5. The molecule has 4 N–H and O–H groups in total. The topological polar surface area (TPSA) is 97.1 Å². The van der Waals surface area contributed by atoms with Crippen molar-refractivity contribution >= 4 is 27.4 Å². The third-order valence-electron chi connectivity index (χ3n) is 2.55. The average molecular weight is 307 g/mol. The molecule has 19 heavy (non-hydrogen) atoms. The van der Waals surface area contributed by atoms with Crippen LogP contribution in [0.2, 0.25) is 5.02 Å². The third-order valence-corrected chi connectivity index (χ3v) is 4.50. The van der Waals surface area contributed by atoms with Gasteiger partial charge in [-0.3, -0.25) is 0 Å². The van der Waals surface area contributed by atoms with Crippen LogP contribution in [0.5, 0.6) is 0 Å². The van der Waals surface area contributed by atoms with Gasteiger partial charge in [0.25, 0.3) is 0 Å². The smallest absolute Gasteiger partial charge is 0.242 e. The van der Waals surface area contributed by atoms with Crippen LogP contribution in [0, 0.1) is 0 Å². The third kappa shape index (κ3) is 4.31. The molecule has 8 heteroatoms. The summed E-state index contributed by atoms with van der Waals surface area (Å²) in [5, 5.41) is 0.152. The number of hydrazine groups is 1. The summed E-state index contributed by atoms with van der Waals surface area (Å²) < 4.78 is 27.1. The van der Waals surface area contributed by atoms with Crippen LogP contribution in [0.15, 0.2) is 17.2 Å². The van der Waals surface area contributed by atoms with Gasteiger partial charge in [0.2, 0.25) is 10.0 Å². The lowest BCUT2D eigenvalue weighted by Crippen LogP contribution is -2.43. The Morgan fingerprint density at radius 3 is 2.58 bits per heavy atom. The highest BCUT2D eigenvalue weighted by Crippen LogP contribution is 2.23. The number of hydrogen-bond donors (Lipinski definition) is 3. The van der Waals surface area contributed by atoms with E-state index in [1.54, 1.807) is 0 Å². The highest BCUT2D eigenvalue weighted by molar-refractivity contribution is 7.89. The molecule has 0 aliphatic carbocycles. The van der Waals surface area contributed by atoms with Gasteiger partial charge in [-0.2, -0.15) is 0 Å². The second-order valence-electron chi connectivity index (χ2n) is 4.89. The van der Waals surface area contributed by atoms with E-state index in [-0.39, 0.29) is 15.7 Å². The van der Waals surface area contributed by atoms with E-state index < -0.39 is 15.6 Å². The van der Waals surface area contributed by atoms with Crippen LogP contribution in [0.3, 0.4) is 0 Å². The number of anilines is 1. The number of nitrogens with one attached hydrogen (secondary N) is 2. The summed E-state index contributed by atoms with van der Waals surface area (Å²) in [6, 6.07) is 1.31. The van der Waals surface area contributed by atoms with Gasteiger partial charge < -0.3 is 5.43 Å². The Labute approximate surface area is 118 Å². The van der Waals surface area contributed by atoms with Gasteiger partial charge in [0, 0.05) is 11.7 Å². The second-order valence-corrected chi connectivity index (χ2v) is 6.97. The van der Waals surface area contributed by atoms with Gasteiger partial charge in [-0.25, -0.2) is 24.0 Å². The molecule has 0 bridgehead atoms. The minimum Gasteiger partial charge on any atom is -0.307 e. The fourth-order valence-corrected chi connectivity index (χ4v) is 3.47. The normalized spacial score (nSPS) is 12.5. The molecular weight excluding hydrogens is 288 g/mol. The number of sulfonamides is 1. The van der Waals surface area contributed by atoms with Crippen molar-refractivity contribution in [3.8, 4) is 0 Å². The SMILES string of the molecule is CCCC(C)(C)NS(=O)(=O)c1cnc(NN)c(Cl)c1. The Balaban J connectivity index is 3.04. The molecule has 1 rings (SSSR count). The molecule has 0 aliphatic rings. The van der Waals surface area contributed by atoms with Crippen molar-refractivity contribution in [1.82, 2.24) is 9.71 Å². The van der Waals surface area contributed by atoms with E-state index >= 15 is 0 Å². The fourth-order valence-electron chi connectivity index (χ4n) is 1.77. The lowest BCUT2D eigenvalue weighted by atomic mass is 10.0. The Hall–Kier alpha value is -0.890. The largest absolute Gasteiger partial charge is 0.307 e. The predicted octanol–water partition coefficient (Wildman–Crippen LogP) is 1.88. The maximum atomic E-state index is 12.2. The quantitative estimate of drug-likeness (QED) is 0.551. The molecule has 0 aromatic carbocycles. The minimum atomic E-state index is -3.65. The number of hydrogen-bond acceptors (Lipinski definition) is 5. The van der Waals surface area contributed by atoms with Crippen molar-refractivity contribution in [3.05, 3.63) is 17.3 Å². The zero-order valence-electron chi connectivity index (χ0n) is 11.2. The highest BCUT2D eigenvalue weighted by Gasteiger charge is 2.26. The molecule has 0 fully saturated rings. The number of nitrogens with zero attached hydrogens (tertiary/aromatic N) is 1. The molecule has 0 saturated carbocycles. The predicted molar refractivity (Wildman–Crippen MR) is 76.4 cm³/mol. The Morgan fingerprint density at radius 2 is 2.11 bits per heavy atom. The summed E-state index contributed by atoms with van der Waals surface area (Å²) >= 11 is 5.87. The van der Waals surface area contributed by atoms with Crippen LogP contribution < -0.4 is 16.0 Å². The van der Waals surface area contributed by atoms with Crippen LogP contribution in [0.1, 0.15) is 33.6 Å². The summed E-state index contributed by atoms with van der Waals surface area (Å²) in [5.74, 6) is 5.42. The van der Waals surface area contributed by atoms with Crippen molar-refractivity contribution < 1.29 is 8.42 Å². The molecule has 1 aromatic heterocycles. The van der Waals surface area contributed by atoms with Gasteiger partial charge in [-0.05, 0) is 26.3 Å².